The number of carbonyl (C=O) groups is 1. The summed E-state index contributed by atoms with van der Waals surface area (Å²) in [5.74, 6) is 0.259. The molecular weight excluding hydrogens is 483 g/mol. The van der Waals surface area contributed by atoms with Crippen molar-refractivity contribution in [2.75, 3.05) is 39.1 Å². The van der Waals surface area contributed by atoms with Crippen molar-refractivity contribution < 1.29 is 60.9 Å². The van der Waals surface area contributed by atoms with Gasteiger partial charge >= 0.3 is 51.4 Å². The maximum absolute atomic E-state index is 12.8. The van der Waals surface area contributed by atoms with Gasteiger partial charge in [-0.1, -0.05) is 40.5 Å². The minimum atomic E-state index is -0.217. The van der Waals surface area contributed by atoms with E-state index >= 15 is 0 Å². The second-order valence-electron chi connectivity index (χ2n) is 7.30. The molecule has 0 unspecified atom stereocenters. The molecule has 0 fully saturated rings. The minimum Gasteiger partial charge on any atom is -0.649 e. The number of nitrogens with one attached hydrogen (secondary N) is 1. The smallest absolute Gasteiger partial charge is 0.649 e. The summed E-state index contributed by atoms with van der Waals surface area (Å²) in [4.78, 5) is 14.9. The van der Waals surface area contributed by atoms with Crippen molar-refractivity contribution >= 4 is 27.5 Å². The number of benzene rings is 2. The molecule has 1 heterocycles. The molecule has 2 aromatic carbocycles. The number of carbonyl (C=O) groups excluding carboxylic acids is 1. The van der Waals surface area contributed by atoms with E-state index in [0.29, 0.717) is 35.5 Å². The topological polar surface area (TPSA) is 79.5 Å². The third kappa shape index (κ3) is 7.43. The molecule has 1 amide bonds. The second-order valence-corrected chi connectivity index (χ2v) is 8.22. The van der Waals surface area contributed by atoms with Gasteiger partial charge in [0, 0.05) is 22.2 Å². The monoisotopic (exact) mass is 506 g/mol. The van der Waals surface area contributed by atoms with Crippen molar-refractivity contribution in [1.29, 1.82) is 5.26 Å². The number of hydrogen-bond acceptors (Lipinski definition) is 5. The predicted octanol–water partition coefficient (Wildman–Crippen LogP) is 1.48. The summed E-state index contributed by atoms with van der Waals surface area (Å²) in [5, 5.41) is 17.0. The molecule has 0 bridgehead atoms. The van der Waals surface area contributed by atoms with E-state index in [1.54, 1.807) is 12.1 Å². The molecule has 3 rings (SSSR count). The Morgan fingerprint density at radius 2 is 2.06 bits per heavy atom. The van der Waals surface area contributed by atoms with Gasteiger partial charge in [-0.05, 0) is 50.5 Å². The Bertz CT molecular complexity index is 1000. The number of nitriles is 1. The number of nitrogens with zero attached hydrogens (tertiary/aromatic N) is 3. The van der Waals surface area contributed by atoms with Crippen LogP contribution in [0.4, 0.5) is 5.69 Å². The van der Waals surface area contributed by atoms with Gasteiger partial charge in [-0.2, -0.15) is 5.26 Å². The Balaban J connectivity index is 0.00000341. The van der Waals surface area contributed by atoms with Crippen LogP contribution in [0.3, 0.4) is 0 Å². The fourth-order valence-electron chi connectivity index (χ4n) is 3.19. The van der Waals surface area contributed by atoms with Crippen LogP contribution in [-0.2, 0) is 11.2 Å². The van der Waals surface area contributed by atoms with Gasteiger partial charge in [0.2, 0.25) is 0 Å². The fourth-order valence-corrected chi connectivity index (χ4v) is 3.55. The molecule has 0 spiro atoms. The maximum Gasteiger partial charge on any atom is 1.00 e. The van der Waals surface area contributed by atoms with Crippen LogP contribution in [0.5, 0.6) is 5.75 Å². The third-order valence-electron chi connectivity index (χ3n) is 4.75. The zero-order valence-electron chi connectivity index (χ0n) is 18.1. The van der Waals surface area contributed by atoms with Crippen molar-refractivity contribution in [2.45, 2.75) is 12.8 Å². The number of fused-ring (bicyclic) bond motifs is 1. The minimum absolute atomic E-state index is 0. The SMILES string of the molecule is CN(C)CCC[N-]C(=O)C1=C(COc2ccc(Br)cc2C#N)Nc2ccccc2C1.[K+]. The van der Waals surface area contributed by atoms with Gasteiger partial charge in [0.25, 0.3) is 0 Å². The van der Waals surface area contributed by atoms with Crippen LogP contribution in [-0.4, -0.2) is 44.6 Å². The first-order valence-corrected chi connectivity index (χ1v) is 10.5. The summed E-state index contributed by atoms with van der Waals surface area (Å²) in [6, 6.07) is 15.3. The van der Waals surface area contributed by atoms with Crippen molar-refractivity contribution in [1.82, 2.24) is 4.90 Å². The zero-order valence-corrected chi connectivity index (χ0v) is 22.8. The average Bonchev–Trinajstić information content (AvgIpc) is 2.74. The Labute approximate surface area is 234 Å². The number of para-hydroxylation sites is 1. The van der Waals surface area contributed by atoms with Gasteiger partial charge in [0.05, 0.1) is 17.2 Å². The fraction of sp³-hybridized carbons (Fsp3) is 0.304. The number of ether oxygens (including phenoxy) is 1. The molecule has 2 aromatic rings. The molecule has 0 saturated heterocycles. The summed E-state index contributed by atoms with van der Waals surface area (Å²) in [7, 11) is 4.00. The number of anilines is 1. The molecular formula is C23H24BrKN4O2. The van der Waals surface area contributed by atoms with Gasteiger partial charge in [-0.3, -0.25) is 0 Å². The first kappa shape index (κ1) is 26.1. The van der Waals surface area contributed by atoms with E-state index in [1.165, 1.54) is 0 Å². The van der Waals surface area contributed by atoms with Crippen molar-refractivity contribution in [2.24, 2.45) is 0 Å². The van der Waals surface area contributed by atoms with E-state index < -0.39 is 0 Å². The summed E-state index contributed by atoms with van der Waals surface area (Å²) >= 11 is 3.36. The molecule has 0 atom stereocenters. The average molecular weight is 507 g/mol. The van der Waals surface area contributed by atoms with E-state index in [0.717, 1.165) is 28.7 Å². The third-order valence-corrected chi connectivity index (χ3v) is 5.24. The molecule has 156 valence electrons. The molecule has 0 saturated carbocycles. The predicted molar refractivity (Wildman–Crippen MR) is 122 cm³/mol. The van der Waals surface area contributed by atoms with Gasteiger partial charge in [-0.15, -0.1) is 6.54 Å². The van der Waals surface area contributed by atoms with Crippen LogP contribution < -0.4 is 61.4 Å². The summed E-state index contributed by atoms with van der Waals surface area (Å²) < 4.78 is 6.72. The van der Waals surface area contributed by atoms with E-state index in [1.807, 2.05) is 44.4 Å². The standard InChI is InChI=1S/C23H25BrN4O2.K/c1-28(2)11-5-10-26-23(29)19-13-16-6-3-4-7-20(16)27-21(19)15-30-22-9-8-18(24)12-17(22)14-25;/h3-4,6-9,12H,5,10-11,13,15H2,1-2H3,(H2,26,27,29);/q;+1/p-1. The van der Waals surface area contributed by atoms with Crippen molar-refractivity contribution in [3.63, 3.8) is 0 Å². The Morgan fingerprint density at radius 1 is 1.29 bits per heavy atom. The van der Waals surface area contributed by atoms with Crippen molar-refractivity contribution in [3.05, 3.63) is 74.7 Å². The van der Waals surface area contributed by atoms with Crippen LogP contribution >= 0.6 is 15.9 Å². The zero-order chi connectivity index (χ0) is 21.5. The van der Waals surface area contributed by atoms with E-state index in [4.69, 9.17) is 4.74 Å². The molecule has 0 aliphatic carbocycles. The summed E-state index contributed by atoms with van der Waals surface area (Å²) in [5.41, 5.74) is 3.73. The number of rotatable bonds is 8. The molecule has 1 N–H and O–H groups in total. The van der Waals surface area contributed by atoms with E-state index in [9.17, 15) is 10.1 Å². The second kappa shape index (κ2) is 12.8. The van der Waals surface area contributed by atoms with Crippen LogP contribution in [0.2, 0.25) is 0 Å². The summed E-state index contributed by atoms with van der Waals surface area (Å²) in [6.45, 7) is 1.52. The van der Waals surface area contributed by atoms with Crippen LogP contribution in [0.1, 0.15) is 17.5 Å². The molecule has 1 aliphatic rings. The Morgan fingerprint density at radius 3 is 2.81 bits per heavy atom. The molecule has 6 nitrogen and oxygen atoms in total. The molecule has 8 heteroatoms. The van der Waals surface area contributed by atoms with Crippen LogP contribution in [0, 0.1) is 11.3 Å². The van der Waals surface area contributed by atoms with E-state index in [-0.39, 0.29) is 63.9 Å². The first-order valence-electron chi connectivity index (χ1n) is 9.74. The van der Waals surface area contributed by atoms with Crippen LogP contribution in [0.15, 0.2) is 58.2 Å². The number of amides is 1. The quantitative estimate of drug-likeness (QED) is 0.433. The van der Waals surface area contributed by atoms with Gasteiger partial charge in [0.15, 0.2) is 0 Å². The van der Waals surface area contributed by atoms with Gasteiger partial charge in [-0.25, -0.2) is 0 Å². The van der Waals surface area contributed by atoms with Crippen LogP contribution in [0.25, 0.3) is 5.32 Å². The normalized spacial score (nSPS) is 12.4. The Hall–Kier alpha value is -1.18. The molecule has 31 heavy (non-hydrogen) atoms. The van der Waals surface area contributed by atoms with Gasteiger partial charge < -0.3 is 25.1 Å². The number of halogens is 1. The summed E-state index contributed by atoms with van der Waals surface area (Å²) in [6.07, 6.45) is 1.33. The molecule has 0 radical (unpaired) electrons. The van der Waals surface area contributed by atoms with E-state index in [2.05, 4.69) is 37.5 Å². The largest absolute Gasteiger partial charge is 1.00 e. The number of hydrogen-bond donors (Lipinski definition) is 1. The first-order chi connectivity index (χ1) is 14.5. The maximum atomic E-state index is 12.8. The molecule has 0 aromatic heterocycles. The van der Waals surface area contributed by atoms with Gasteiger partial charge in [0.1, 0.15) is 18.4 Å². The van der Waals surface area contributed by atoms with Crippen molar-refractivity contribution in [3.8, 4) is 11.8 Å². The molecule has 1 aliphatic heterocycles. The Kier molecular flexibility index (Phi) is 10.7.